The van der Waals surface area contributed by atoms with Gasteiger partial charge >= 0.3 is 0 Å². The molecule has 0 saturated carbocycles. The highest BCUT2D eigenvalue weighted by Crippen LogP contribution is 2.26. The number of hydrogen-bond acceptors (Lipinski definition) is 2. The minimum Gasteiger partial charge on any atom is -0.250 e. The van der Waals surface area contributed by atoms with Crippen molar-refractivity contribution in [2.75, 3.05) is 0 Å². The van der Waals surface area contributed by atoms with E-state index in [-0.39, 0.29) is 0 Å². The molecule has 110 valence electrons. The number of rotatable bonds is 6. The van der Waals surface area contributed by atoms with Crippen LogP contribution in [-0.2, 0) is 12.8 Å². The van der Waals surface area contributed by atoms with Crippen LogP contribution in [-0.4, -0.2) is 10.2 Å². The molecule has 0 aliphatic heterocycles. The third-order valence-corrected chi connectivity index (χ3v) is 4.69. The van der Waals surface area contributed by atoms with Gasteiger partial charge in [-0.2, -0.15) is 0 Å². The second-order valence-corrected chi connectivity index (χ2v) is 6.61. The Kier molecular flexibility index (Phi) is 5.27. The molecule has 0 radical (unpaired) electrons. The Morgan fingerprint density at radius 1 is 0.682 bits per heavy atom. The molecule has 3 aromatic rings. The first-order valence-electron chi connectivity index (χ1n) is 7.56. The lowest BCUT2D eigenvalue weighted by Crippen LogP contribution is -2.11. The molecule has 0 spiro atoms. The summed E-state index contributed by atoms with van der Waals surface area (Å²) in [6.45, 7) is 0. The number of aromatic nitrogens is 1. The van der Waals surface area contributed by atoms with Gasteiger partial charge in [-0.1, -0.05) is 66.7 Å². The minimum atomic E-state index is 0.486. The zero-order valence-electron chi connectivity index (χ0n) is 12.4. The summed E-state index contributed by atoms with van der Waals surface area (Å²) in [6, 6.07) is 27.5. The van der Waals surface area contributed by atoms with Crippen molar-refractivity contribution in [1.29, 1.82) is 0 Å². The van der Waals surface area contributed by atoms with Crippen LogP contribution in [0.1, 0.15) is 11.1 Å². The smallest absolute Gasteiger partial charge is 0.0962 e. The summed E-state index contributed by atoms with van der Waals surface area (Å²) >= 11 is 1.87. The van der Waals surface area contributed by atoms with E-state index in [1.165, 1.54) is 11.1 Å². The zero-order chi connectivity index (χ0) is 15.0. The van der Waals surface area contributed by atoms with Crippen molar-refractivity contribution in [3.63, 3.8) is 0 Å². The first kappa shape index (κ1) is 14.9. The van der Waals surface area contributed by atoms with E-state index in [4.69, 9.17) is 0 Å². The van der Waals surface area contributed by atoms with Crippen LogP contribution in [0.4, 0.5) is 0 Å². The lowest BCUT2D eigenvalue weighted by molar-refractivity contribution is 0.838. The molecule has 0 aliphatic carbocycles. The SMILES string of the molecule is c1ccc(CC(Cc2ccccc2)Sc2ccccn2)cc1. The van der Waals surface area contributed by atoms with Gasteiger partial charge < -0.3 is 0 Å². The number of hydrogen-bond donors (Lipinski definition) is 0. The fourth-order valence-electron chi connectivity index (χ4n) is 2.50. The number of pyridine rings is 1. The lowest BCUT2D eigenvalue weighted by Gasteiger charge is -2.16. The van der Waals surface area contributed by atoms with Crippen molar-refractivity contribution in [2.45, 2.75) is 23.1 Å². The van der Waals surface area contributed by atoms with Gasteiger partial charge in [-0.3, -0.25) is 0 Å². The average Bonchev–Trinajstić information content (AvgIpc) is 2.57. The summed E-state index contributed by atoms with van der Waals surface area (Å²) in [6.07, 6.45) is 3.97. The number of nitrogens with zero attached hydrogens (tertiary/aromatic N) is 1. The molecule has 0 bridgehead atoms. The average molecular weight is 305 g/mol. The molecule has 1 nitrogen and oxygen atoms in total. The fraction of sp³-hybridized carbons (Fsp3) is 0.150. The molecule has 0 unspecified atom stereocenters. The quantitative estimate of drug-likeness (QED) is 0.593. The molecule has 0 N–H and O–H groups in total. The number of benzene rings is 2. The Hall–Kier alpha value is -2.06. The standard InChI is InChI=1S/C20H19NS/c1-3-9-17(10-4-1)15-19(16-18-11-5-2-6-12-18)22-20-13-7-8-14-21-20/h1-14,19H,15-16H2. The summed E-state index contributed by atoms with van der Waals surface area (Å²) in [5.74, 6) is 0. The molecule has 2 heteroatoms. The second-order valence-electron chi connectivity index (χ2n) is 5.29. The molecule has 2 aromatic carbocycles. The first-order chi connectivity index (χ1) is 10.9. The predicted molar refractivity (Wildman–Crippen MR) is 94.2 cm³/mol. The molecule has 0 saturated heterocycles. The van der Waals surface area contributed by atoms with Crippen molar-refractivity contribution in [1.82, 2.24) is 4.98 Å². The van der Waals surface area contributed by atoms with Gasteiger partial charge in [0.15, 0.2) is 0 Å². The van der Waals surface area contributed by atoms with Crippen LogP contribution in [0.3, 0.4) is 0 Å². The van der Waals surface area contributed by atoms with Gasteiger partial charge in [-0.05, 0) is 36.1 Å². The maximum atomic E-state index is 4.46. The van der Waals surface area contributed by atoms with Gasteiger partial charge in [-0.15, -0.1) is 11.8 Å². The van der Waals surface area contributed by atoms with Crippen LogP contribution >= 0.6 is 11.8 Å². The highest BCUT2D eigenvalue weighted by Gasteiger charge is 2.13. The monoisotopic (exact) mass is 305 g/mol. The van der Waals surface area contributed by atoms with Gasteiger partial charge in [0.1, 0.15) is 0 Å². The maximum Gasteiger partial charge on any atom is 0.0962 e. The lowest BCUT2D eigenvalue weighted by atomic mass is 10.0. The predicted octanol–water partition coefficient (Wildman–Crippen LogP) is 5.03. The molecule has 0 aliphatic rings. The van der Waals surface area contributed by atoms with E-state index in [1.807, 2.05) is 24.0 Å². The van der Waals surface area contributed by atoms with Gasteiger partial charge in [0.25, 0.3) is 0 Å². The van der Waals surface area contributed by atoms with Gasteiger partial charge in [0.2, 0.25) is 0 Å². The van der Waals surface area contributed by atoms with E-state index >= 15 is 0 Å². The second kappa shape index (κ2) is 7.81. The van der Waals surface area contributed by atoms with Crippen LogP contribution < -0.4 is 0 Å². The fourth-order valence-corrected chi connectivity index (χ4v) is 3.67. The summed E-state index contributed by atoms with van der Waals surface area (Å²) in [5.41, 5.74) is 2.76. The summed E-state index contributed by atoms with van der Waals surface area (Å²) in [5, 5.41) is 1.58. The number of thioether (sulfide) groups is 1. The third kappa shape index (κ3) is 4.47. The molecule has 0 fully saturated rings. The van der Waals surface area contributed by atoms with Crippen molar-refractivity contribution in [2.24, 2.45) is 0 Å². The van der Waals surface area contributed by atoms with E-state index in [2.05, 4.69) is 77.8 Å². The van der Waals surface area contributed by atoms with Crippen LogP contribution in [0.15, 0.2) is 90.1 Å². The van der Waals surface area contributed by atoms with Crippen LogP contribution in [0.5, 0.6) is 0 Å². The van der Waals surface area contributed by atoms with Gasteiger partial charge in [0.05, 0.1) is 5.03 Å². The Bertz CT molecular complexity index is 569. The van der Waals surface area contributed by atoms with Crippen molar-refractivity contribution in [3.05, 3.63) is 96.2 Å². The van der Waals surface area contributed by atoms with Crippen LogP contribution in [0.25, 0.3) is 0 Å². The molecule has 1 aromatic heterocycles. The minimum absolute atomic E-state index is 0.486. The van der Waals surface area contributed by atoms with Gasteiger partial charge in [-0.25, -0.2) is 4.98 Å². The zero-order valence-corrected chi connectivity index (χ0v) is 13.2. The third-order valence-electron chi connectivity index (χ3n) is 3.54. The summed E-state index contributed by atoms with van der Waals surface area (Å²) < 4.78 is 0. The molecule has 0 amide bonds. The molecular formula is C20H19NS. The summed E-state index contributed by atoms with van der Waals surface area (Å²) in [4.78, 5) is 4.46. The largest absolute Gasteiger partial charge is 0.250 e. The Balaban J connectivity index is 1.75. The van der Waals surface area contributed by atoms with E-state index in [0.717, 1.165) is 17.9 Å². The van der Waals surface area contributed by atoms with E-state index in [1.54, 1.807) is 0 Å². The first-order valence-corrected chi connectivity index (χ1v) is 8.43. The molecule has 3 rings (SSSR count). The Labute approximate surface area is 136 Å². The van der Waals surface area contributed by atoms with Crippen molar-refractivity contribution < 1.29 is 0 Å². The highest BCUT2D eigenvalue weighted by molar-refractivity contribution is 7.99. The molecule has 0 atom stereocenters. The summed E-state index contributed by atoms with van der Waals surface area (Å²) in [7, 11) is 0. The van der Waals surface area contributed by atoms with E-state index in [0.29, 0.717) is 5.25 Å². The van der Waals surface area contributed by atoms with Crippen LogP contribution in [0, 0.1) is 0 Å². The molecule has 22 heavy (non-hydrogen) atoms. The topological polar surface area (TPSA) is 12.9 Å². The van der Waals surface area contributed by atoms with E-state index < -0.39 is 0 Å². The molecule has 1 heterocycles. The normalized spacial score (nSPS) is 10.8. The van der Waals surface area contributed by atoms with Crippen LogP contribution in [0.2, 0.25) is 0 Å². The molecular weight excluding hydrogens is 286 g/mol. The van der Waals surface area contributed by atoms with E-state index in [9.17, 15) is 0 Å². The highest BCUT2D eigenvalue weighted by atomic mass is 32.2. The van der Waals surface area contributed by atoms with Gasteiger partial charge in [0, 0.05) is 11.4 Å². The Morgan fingerprint density at radius 3 is 1.73 bits per heavy atom. The van der Waals surface area contributed by atoms with Crippen molar-refractivity contribution in [3.8, 4) is 0 Å². The van der Waals surface area contributed by atoms with Crippen molar-refractivity contribution >= 4 is 11.8 Å². The Morgan fingerprint density at radius 2 is 1.23 bits per heavy atom. The maximum absolute atomic E-state index is 4.46.